The molecule has 5 nitrogen and oxygen atoms in total. The van der Waals surface area contributed by atoms with Crippen LogP contribution < -0.4 is 9.47 Å². The number of carbonyl (C=O) groups excluding carboxylic acids is 1. The molecule has 0 radical (unpaired) electrons. The van der Waals surface area contributed by atoms with E-state index in [0.29, 0.717) is 17.1 Å². The highest BCUT2D eigenvalue weighted by Gasteiger charge is 2.15. The van der Waals surface area contributed by atoms with Crippen molar-refractivity contribution < 1.29 is 14.3 Å². The number of aromatic nitrogens is 2. The normalized spacial score (nSPS) is 11.0. The Balaban J connectivity index is 2.30. The van der Waals surface area contributed by atoms with Crippen molar-refractivity contribution in [2.24, 2.45) is 7.05 Å². The monoisotopic (exact) mass is 300 g/mol. The molecule has 0 atom stereocenters. The maximum atomic E-state index is 12.4. The number of hydrogen-bond acceptors (Lipinski definition) is 4. The molecule has 1 heterocycles. The lowest BCUT2D eigenvalue weighted by Gasteiger charge is -2.07. The van der Waals surface area contributed by atoms with Gasteiger partial charge in [0.05, 0.1) is 25.5 Å². The molecule has 1 aromatic heterocycles. The van der Waals surface area contributed by atoms with Gasteiger partial charge in [-0.1, -0.05) is 0 Å². The molecule has 0 spiro atoms. The average molecular weight is 300 g/mol. The van der Waals surface area contributed by atoms with Crippen LogP contribution in [0.15, 0.2) is 24.3 Å². The molecular weight excluding hydrogens is 280 g/mol. The second-order valence-electron chi connectivity index (χ2n) is 4.97. The Hall–Kier alpha value is -2.56. The molecule has 1 aromatic carbocycles. The Morgan fingerprint density at radius 2 is 1.95 bits per heavy atom. The van der Waals surface area contributed by atoms with Gasteiger partial charge >= 0.3 is 0 Å². The first-order chi connectivity index (χ1) is 10.5. The van der Waals surface area contributed by atoms with E-state index in [2.05, 4.69) is 5.10 Å². The molecule has 0 amide bonds. The number of allylic oxidation sites excluding steroid dienone is 1. The van der Waals surface area contributed by atoms with Crippen LogP contribution in [0.2, 0.25) is 0 Å². The van der Waals surface area contributed by atoms with Gasteiger partial charge in [-0.05, 0) is 38.1 Å². The Morgan fingerprint density at radius 1 is 1.23 bits per heavy atom. The standard InChI is InChI=1S/C17H20N2O3/c1-11-17(12(2)19(3)18-11)15(20)9-7-13-6-8-14(21-4)10-16(13)22-5/h6-10H,1-5H3. The SMILES string of the molecule is COc1ccc(C=CC(=O)c2c(C)nn(C)c2C)c(OC)c1. The third kappa shape index (κ3) is 3.03. The third-order valence-corrected chi connectivity index (χ3v) is 3.61. The number of ether oxygens (including phenoxy) is 2. The van der Waals surface area contributed by atoms with Crippen molar-refractivity contribution in [1.82, 2.24) is 9.78 Å². The summed E-state index contributed by atoms with van der Waals surface area (Å²) in [6, 6.07) is 5.46. The van der Waals surface area contributed by atoms with Crippen molar-refractivity contribution in [3.8, 4) is 11.5 Å². The molecule has 0 aliphatic rings. The van der Waals surface area contributed by atoms with Gasteiger partial charge in [0.2, 0.25) is 0 Å². The fraction of sp³-hybridized carbons (Fsp3) is 0.294. The minimum atomic E-state index is -0.0685. The van der Waals surface area contributed by atoms with Crippen LogP contribution >= 0.6 is 0 Å². The summed E-state index contributed by atoms with van der Waals surface area (Å²) in [5.74, 6) is 1.29. The number of nitrogens with zero attached hydrogens (tertiary/aromatic N) is 2. The van der Waals surface area contributed by atoms with Crippen molar-refractivity contribution in [3.05, 3.63) is 46.8 Å². The minimum absolute atomic E-state index is 0.0685. The molecule has 116 valence electrons. The van der Waals surface area contributed by atoms with Gasteiger partial charge in [-0.25, -0.2) is 0 Å². The summed E-state index contributed by atoms with van der Waals surface area (Å²) in [6.07, 6.45) is 3.29. The highest BCUT2D eigenvalue weighted by atomic mass is 16.5. The van der Waals surface area contributed by atoms with Crippen molar-refractivity contribution in [2.75, 3.05) is 14.2 Å². The van der Waals surface area contributed by atoms with Gasteiger partial charge in [0.25, 0.3) is 0 Å². The van der Waals surface area contributed by atoms with Gasteiger partial charge in [0.1, 0.15) is 11.5 Å². The molecule has 2 rings (SSSR count). The van der Waals surface area contributed by atoms with E-state index >= 15 is 0 Å². The van der Waals surface area contributed by atoms with Crippen LogP contribution in [0.3, 0.4) is 0 Å². The maximum Gasteiger partial charge on any atom is 0.189 e. The van der Waals surface area contributed by atoms with Gasteiger partial charge in [0.15, 0.2) is 5.78 Å². The molecular formula is C17H20N2O3. The summed E-state index contributed by atoms with van der Waals surface area (Å²) in [5.41, 5.74) is 3.05. The summed E-state index contributed by atoms with van der Waals surface area (Å²) >= 11 is 0. The Kier molecular flexibility index (Phi) is 4.65. The fourth-order valence-electron chi connectivity index (χ4n) is 2.34. The van der Waals surface area contributed by atoms with E-state index in [9.17, 15) is 4.79 Å². The smallest absolute Gasteiger partial charge is 0.189 e. The highest BCUT2D eigenvalue weighted by Crippen LogP contribution is 2.26. The van der Waals surface area contributed by atoms with Gasteiger partial charge in [-0.15, -0.1) is 0 Å². The summed E-state index contributed by atoms with van der Waals surface area (Å²) < 4.78 is 12.2. The summed E-state index contributed by atoms with van der Waals surface area (Å²) in [7, 11) is 5.01. The van der Waals surface area contributed by atoms with E-state index in [4.69, 9.17) is 9.47 Å². The number of benzene rings is 1. The zero-order valence-electron chi connectivity index (χ0n) is 13.5. The summed E-state index contributed by atoms with van der Waals surface area (Å²) in [6.45, 7) is 3.72. The van der Waals surface area contributed by atoms with Crippen LogP contribution in [0.4, 0.5) is 0 Å². The Bertz CT molecular complexity index is 730. The van der Waals surface area contributed by atoms with Crippen molar-refractivity contribution in [3.63, 3.8) is 0 Å². The Labute approximate surface area is 130 Å². The third-order valence-electron chi connectivity index (χ3n) is 3.61. The molecule has 0 fully saturated rings. The molecule has 22 heavy (non-hydrogen) atoms. The lowest BCUT2D eigenvalue weighted by molar-refractivity contribution is 0.104. The predicted octanol–water partition coefficient (Wildman–Crippen LogP) is 2.95. The van der Waals surface area contributed by atoms with Crippen LogP contribution in [0.25, 0.3) is 6.08 Å². The van der Waals surface area contributed by atoms with Crippen LogP contribution in [0.5, 0.6) is 11.5 Å². The van der Waals surface area contributed by atoms with Gasteiger partial charge in [-0.2, -0.15) is 5.10 Å². The number of carbonyl (C=O) groups is 1. The molecule has 0 bridgehead atoms. The van der Waals surface area contributed by atoms with Crippen molar-refractivity contribution in [2.45, 2.75) is 13.8 Å². The maximum absolute atomic E-state index is 12.4. The topological polar surface area (TPSA) is 53.3 Å². The number of aryl methyl sites for hydroxylation is 2. The molecule has 2 aromatic rings. The largest absolute Gasteiger partial charge is 0.497 e. The highest BCUT2D eigenvalue weighted by molar-refractivity contribution is 6.08. The van der Waals surface area contributed by atoms with E-state index in [1.165, 1.54) is 0 Å². The van der Waals surface area contributed by atoms with E-state index in [-0.39, 0.29) is 5.78 Å². The van der Waals surface area contributed by atoms with Crippen LogP contribution in [0.1, 0.15) is 27.3 Å². The molecule has 0 saturated carbocycles. The van der Waals surface area contributed by atoms with E-state index in [1.807, 2.05) is 33.0 Å². The molecule has 5 heteroatoms. The van der Waals surface area contributed by atoms with Gasteiger partial charge in [0, 0.05) is 24.4 Å². The average Bonchev–Trinajstić information content (AvgIpc) is 2.77. The second-order valence-corrected chi connectivity index (χ2v) is 4.97. The molecule has 0 aliphatic heterocycles. The number of methoxy groups -OCH3 is 2. The van der Waals surface area contributed by atoms with Gasteiger partial charge in [-0.3, -0.25) is 9.48 Å². The quantitative estimate of drug-likeness (QED) is 0.629. The first-order valence-corrected chi connectivity index (χ1v) is 6.92. The summed E-state index contributed by atoms with van der Waals surface area (Å²) in [5, 5.41) is 4.26. The molecule has 0 N–H and O–H groups in total. The number of rotatable bonds is 5. The van der Waals surface area contributed by atoms with Crippen LogP contribution in [-0.4, -0.2) is 29.8 Å². The Morgan fingerprint density at radius 3 is 2.50 bits per heavy atom. The lowest BCUT2D eigenvalue weighted by atomic mass is 10.1. The second kappa shape index (κ2) is 6.47. The van der Waals surface area contributed by atoms with Crippen LogP contribution in [-0.2, 0) is 7.05 Å². The van der Waals surface area contributed by atoms with Gasteiger partial charge < -0.3 is 9.47 Å². The zero-order chi connectivity index (χ0) is 16.3. The molecule has 0 saturated heterocycles. The predicted molar refractivity (Wildman–Crippen MR) is 85.6 cm³/mol. The first-order valence-electron chi connectivity index (χ1n) is 6.92. The van der Waals surface area contributed by atoms with E-state index in [1.54, 1.807) is 37.1 Å². The van der Waals surface area contributed by atoms with Crippen molar-refractivity contribution in [1.29, 1.82) is 0 Å². The fourth-order valence-corrected chi connectivity index (χ4v) is 2.34. The molecule has 0 unspecified atom stereocenters. The number of hydrogen-bond donors (Lipinski definition) is 0. The molecule has 0 aliphatic carbocycles. The zero-order valence-corrected chi connectivity index (χ0v) is 13.5. The van der Waals surface area contributed by atoms with Crippen LogP contribution in [0, 0.1) is 13.8 Å². The number of ketones is 1. The van der Waals surface area contributed by atoms with E-state index in [0.717, 1.165) is 17.0 Å². The summed E-state index contributed by atoms with van der Waals surface area (Å²) in [4.78, 5) is 12.4. The van der Waals surface area contributed by atoms with Crippen molar-refractivity contribution >= 4 is 11.9 Å². The lowest BCUT2D eigenvalue weighted by Crippen LogP contribution is -1.99. The minimum Gasteiger partial charge on any atom is -0.497 e. The van der Waals surface area contributed by atoms with E-state index < -0.39 is 0 Å². The first kappa shape index (κ1) is 15.8.